The molecule has 12 nitrogen and oxygen atoms in total. The summed E-state index contributed by atoms with van der Waals surface area (Å²) in [6.45, 7) is 12.0. The fraction of sp³-hybridized carbons (Fsp3) is 0.578. The Kier molecular flexibility index (Phi) is 21.5. The summed E-state index contributed by atoms with van der Waals surface area (Å²) in [5.74, 6) is -20.7. The number of hydrogen-bond donors (Lipinski definition) is 5. The summed E-state index contributed by atoms with van der Waals surface area (Å²) in [7, 11) is 0. The number of nitrogens with one attached hydrogen (secondary N) is 3. The summed E-state index contributed by atoms with van der Waals surface area (Å²) in [6, 6.07) is 4.71. The molecule has 0 aliphatic carbocycles. The van der Waals surface area contributed by atoms with Crippen molar-refractivity contribution in [3.8, 4) is 0 Å². The molecule has 2 aromatic carbocycles. The maximum Gasteiger partial charge on any atom is 0.307 e. The van der Waals surface area contributed by atoms with E-state index in [1.807, 2.05) is 0 Å². The van der Waals surface area contributed by atoms with Gasteiger partial charge in [-0.15, -0.1) is 0 Å². The molecule has 0 saturated carbocycles. The van der Waals surface area contributed by atoms with Crippen LogP contribution < -0.4 is 21.7 Å². The molecule has 3 amide bonds. The summed E-state index contributed by atoms with van der Waals surface area (Å²) in [4.78, 5) is 93.4. The molecule has 2 rings (SSSR count). The highest BCUT2D eigenvalue weighted by molar-refractivity contribution is 5.97. The van der Waals surface area contributed by atoms with Gasteiger partial charge in [-0.05, 0) is 62.5 Å². The van der Waals surface area contributed by atoms with Crippen LogP contribution in [0.5, 0.6) is 0 Å². The number of aliphatic carboxylic acids is 1. The number of amides is 3. The van der Waals surface area contributed by atoms with Crippen LogP contribution in [0, 0.1) is 64.6 Å². The largest absolute Gasteiger partial charge is 0.481 e. The van der Waals surface area contributed by atoms with Crippen molar-refractivity contribution in [3.63, 3.8) is 0 Å². The standard InChI is InChI=1S/C45H61F5N4O8/c1-8-25(6)30(21-36(57)33(18-27-14-10-9-11-15-27)53-37(58)22-31-38(46)40(48)42(50)41(49)39(31)47)44(60)54-32(16-12-13-17-51)35(56)19-28(23(2)3)43(59)52-26(7)34(55)20-29(24(4)5)45(61)62/h9-11,14-15,23-26,28-30,32-33H,8,12-13,16-22,51H2,1-7H3,(H,52,59)(H,53,58)(H,54,60)(H,61,62)/t25?,26-,28-,29-,30-,32-,33-/m0/s1. The van der Waals surface area contributed by atoms with Crippen LogP contribution in [-0.2, 0) is 46.4 Å². The van der Waals surface area contributed by atoms with Gasteiger partial charge in [0.2, 0.25) is 23.5 Å². The number of ketones is 3. The number of rotatable bonds is 27. The monoisotopic (exact) mass is 880 g/mol. The minimum Gasteiger partial charge on any atom is -0.481 e. The lowest BCUT2D eigenvalue weighted by atomic mass is 9.83. The number of halogens is 5. The van der Waals surface area contributed by atoms with Crippen molar-refractivity contribution in [2.45, 2.75) is 124 Å². The van der Waals surface area contributed by atoms with Crippen molar-refractivity contribution in [2.75, 3.05) is 6.54 Å². The van der Waals surface area contributed by atoms with Crippen molar-refractivity contribution in [3.05, 3.63) is 70.5 Å². The van der Waals surface area contributed by atoms with Crippen LogP contribution in [0.4, 0.5) is 22.0 Å². The molecule has 6 N–H and O–H groups in total. The predicted octanol–water partition coefficient (Wildman–Crippen LogP) is 5.94. The number of Topliss-reactive ketones (excluding diaryl/α,β-unsaturated/α-hetero) is 3. The zero-order valence-corrected chi connectivity index (χ0v) is 36.4. The molecule has 0 fully saturated rings. The molecule has 344 valence electrons. The number of unbranched alkanes of at least 4 members (excludes halogenated alkanes) is 1. The molecular weight excluding hydrogens is 820 g/mol. The molecular formula is C45H61F5N4O8. The number of hydrogen-bond acceptors (Lipinski definition) is 8. The molecule has 2 aromatic rings. The third-order valence-corrected chi connectivity index (χ3v) is 11.3. The summed E-state index contributed by atoms with van der Waals surface area (Å²) in [5, 5.41) is 17.3. The van der Waals surface area contributed by atoms with Crippen molar-refractivity contribution < 1.29 is 60.6 Å². The van der Waals surface area contributed by atoms with Crippen molar-refractivity contribution in [1.82, 2.24) is 16.0 Å². The molecule has 7 atom stereocenters. The van der Waals surface area contributed by atoms with Gasteiger partial charge in [0, 0.05) is 36.7 Å². The van der Waals surface area contributed by atoms with E-state index in [2.05, 4.69) is 16.0 Å². The highest BCUT2D eigenvalue weighted by Crippen LogP contribution is 2.26. The van der Waals surface area contributed by atoms with Crippen LogP contribution in [0.25, 0.3) is 0 Å². The second-order valence-electron chi connectivity index (χ2n) is 16.7. The Morgan fingerprint density at radius 3 is 1.65 bits per heavy atom. The first-order chi connectivity index (χ1) is 29.0. The van der Waals surface area contributed by atoms with Gasteiger partial charge >= 0.3 is 5.97 Å². The zero-order chi connectivity index (χ0) is 47.0. The Balaban J connectivity index is 2.36. The number of benzene rings is 2. The van der Waals surface area contributed by atoms with E-state index in [9.17, 15) is 60.6 Å². The SMILES string of the molecule is CCC(C)[C@H](CC(=O)[C@H](Cc1ccccc1)NC(=O)Cc1c(F)c(F)c(F)c(F)c1F)C(=O)N[C@@H](CCCCN)C(=O)C[C@H](C(=O)N[C@@H](C)C(=O)C[C@H](C(=O)O)C(C)C)C(C)C. The molecule has 1 unspecified atom stereocenters. The van der Waals surface area contributed by atoms with Crippen LogP contribution in [0.3, 0.4) is 0 Å². The Morgan fingerprint density at radius 1 is 0.629 bits per heavy atom. The molecule has 17 heteroatoms. The number of carbonyl (C=O) groups is 7. The molecule has 0 aromatic heterocycles. The molecule has 0 radical (unpaired) electrons. The minimum atomic E-state index is -2.39. The lowest BCUT2D eigenvalue weighted by molar-refractivity contribution is -0.145. The first-order valence-electron chi connectivity index (χ1n) is 21.0. The highest BCUT2D eigenvalue weighted by Gasteiger charge is 2.36. The van der Waals surface area contributed by atoms with Gasteiger partial charge in [0.25, 0.3) is 0 Å². The molecule has 0 bridgehead atoms. The van der Waals surface area contributed by atoms with Crippen LogP contribution in [0.2, 0.25) is 0 Å². The number of nitrogens with two attached hydrogens (primary N) is 1. The fourth-order valence-electron chi connectivity index (χ4n) is 6.98. The second kappa shape index (κ2) is 25.1. The van der Waals surface area contributed by atoms with Gasteiger partial charge < -0.3 is 26.8 Å². The van der Waals surface area contributed by atoms with E-state index in [0.717, 1.165) is 0 Å². The van der Waals surface area contributed by atoms with Crippen molar-refractivity contribution in [2.24, 2.45) is 41.2 Å². The zero-order valence-electron chi connectivity index (χ0n) is 36.4. The van der Waals surface area contributed by atoms with Crippen molar-refractivity contribution in [1.29, 1.82) is 0 Å². The van der Waals surface area contributed by atoms with E-state index in [0.29, 0.717) is 31.4 Å². The third-order valence-electron chi connectivity index (χ3n) is 11.3. The van der Waals surface area contributed by atoms with Crippen LogP contribution in [0.1, 0.15) is 105 Å². The van der Waals surface area contributed by atoms with Crippen LogP contribution in [-0.4, -0.2) is 70.8 Å². The molecule has 0 aliphatic rings. The minimum absolute atomic E-state index is 0.139. The van der Waals surface area contributed by atoms with E-state index in [1.165, 1.54) is 6.92 Å². The molecule has 0 aliphatic heterocycles. The molecule has 0 spiro atoms. The first-order valence-corrected chi connectivity index (χ1v) is 21.0. The quantitative estimate of drug-likeness (QED) is 0.0312. The Hall–Kier alpha value is -5.06. The number of carbonyl (C=O) groups excluding carboxylic acids is 6. The average molecular weight is 881 g/mol. The second-order valence-corrected chi connectivity index (χ2v) is 16.7. The van der Waals surface area contributed by atoms with Gasteiger partial charge in [0.15, 0.2) is 40.6 Å². The Morgan fingerprint density at radius 2 is 1.13 bits per heavy atom. The van der Waals surface area contributed by atoms with Gasteiger partial charge in [-0.1, -0.05) is 78.3 Å². The highest BCUT2D eigenvalue weighted by atomic mass is 19.2. The molecule has 62 heavy (non-hydrogen) atoms. The summed E-state index contributed by atoms with van der Waals surface area (Å²) >= 11 is 0. The summed E-state index contributed by atoms with van der Waals surface area (Å²) < 4.78 is 70.4. The van der Waals surface area contributed by atoms with Crippen LogP contribution in [0.15, 0.2) is 30.3 Å². The van der Waals surface area contributed by atoms with Gasteiger partial charge in [-0.3, -0.25) is 33.6 Å². The predicted molar refractivity (Wildman–Crippen MR) is 221 cm³/mol. The van der Waals surface area contributed by atoms with Gasteiger partial charge in [-0.25, -0.2) is 22.0 Å². The van der Waals surface area contributed by atoms with Gasteiger partial charge in [0.1, 0.15) is 0 Å². The fourth-order valence-corrected chi connectivity index (χ4v) is 6.98. The van der Waals surface area contributed by atoms with E-state index >= 15 is 0 Å². The number of carboxylic acid groups (broad SMARTS) is 1. The van der Waals surface area contributed by atoms with E-state index < -0.39 is 136 Å². The summed E-state index contributed by atoms with van der Waals surface area (Å²) in [5.41, 5.74) is 4.86. The van der Waals surface area contributed by atoms with E-state index in [-0.39, 0.29) is 31.6 Å². The Bertz CT molecular complexity index is 1870. The lowest BCUT2D eigenvalue weighted by Gasteiger charge is -2.28. The van der Waals surface area contributed by atoms with E-state index in [1.54, 1.807) is 71.9 Å². The Labute approximate surface area is 359 Å². The van der Waals surface area contributed by atoms with Crippen molar-refractivity contribution >= 4 is 41.0 Å². The first kappa shape index (κ1) is 53.1. The lowest BCUT2D eigenvalue weighted by Crippen LogP contribution is -2.49. The van der Waals surface area contributed by atoms with Gasteiger partial charge in [0.05, 0.1) is 30.5 Å². The molecule has 0 heterocycles. The maximum atomic E-state index is 14.5. The maximum absolute atomic E-state index is 14.5. The smallest absolute Gasteiger partial charge is 0.307 e. The normalized spacial score (nSPS) is 14.9. The van der Waals surface area contributed by atoms with Crippen LogP contribution >= 0.6 is 0 Å². The summed E-state index contributed by atoms with van der Waals surface area (Å²) in [6.07, 6.45) is -1.11. The molecule has 0 saturated heterocycles. The number of carboxylic acids is 1. The topological polar surface area (TPSA) is 202 Å². The van der Waals surface area contributed by atoms with Gasteiger partial charge in [-0.2, -0.15) is 0 Å². The third kappa shape index (κ3) is 15.4. The van der Waals surface area contributed by atoms with E-state index in [4.69, 9.17) is 5.73 Å². The average Bonchev–Trinajstić information content (AvgIpc) is 3.22.